The summed E-state index contributed by atoms with van der Waals surface area (Å²) in [5.74, 6) is -0.544. The Bertz CT molecular complexity index is 1070. The van der Waals surface area contributed by atoms with Gasteiger partial charge in [0, 0.05) is 36.3 Å². The van der Waals surface area contributed by atoms with E-state index < -0.39 is 0 Å². The van der Waals surface area contributed by atoms with E-state index in [0.717, 1.165) is 11.3 Å². The third-order valence-corrected chi connectivity index (χ3v) is 4.26. The van der Waals surface area contributed by atoms with E-state index in [9.17, 15) is 9.18 Å². The van der Waals surface area contributed by atoms with Gasteiger partial charge in [-0.2, -0.15) is 5.10 Å². The molecule has 130 valence electrons. The zero-order valence-electron chi connectivity index (χ0n) is 14.2. The second-order valence-corrected chi connectivity index (χ2v) is 6.17. The first-order valence-corrected chi connectivity index (χ1v) is 8.23. The van der Waals surface area contributed by atoms with Gasteiger partial charge in [0.05, 0.1) is 11.9 Å². The number of benzene rings is 2. The number of nitrogens with one attached hydrogen (secondary N) is 1. The van der Waals surface area contributed by atoms with Gasteiger partial charge in [0.15, 0.2) is 0 Å². The fraction of sp³-hybridized carbons (Fsp3) is 0.100. The van der Waals surface area contributed by atoms with E-state index in [4.69, 9.17) is 0 Å². The predicted molar refractivity (Wildman–Crippen MR) is 97.6 cm³/mol. The van der Waals surface area contributed by atoms with Crippen LogP contribution in [0.25, 0.3) is 16.6 Å². The molecule has 4 aromatic rings. The van der Waals surface area contributed by atoms with Gasteiger partial charge in [-0.3, -0.25) is 4.79 Å². The number of para-hydroxylation sites is 1. The predicted octanol–water partition coefficient (Wildman–Crippen LogP) is 3.76. The fourth-order valence-electron chi connectivity index (χ4n) is 2.95. The molecule has 0 bridgehead atoms. The Morgan fingerprint density at radius 3 is 2.77 bits per heavy atom. The van der Waals surface area contributed by atoms with E-state index >= 15 is 0 Å². The van der Waals surface area contributed by atoms with Crippen molar-refractivity contribution in [3.05, 3.63) is 84.1 Å². The number of hydrogen-bond donors (Lipinski definition) is 1. The van der Waals surface area contributed by atoms with Crippen molar-refractivity contribution >= 4 is 16.8 Å². The minimum atomic E-state index is -0.343. The van der Waals surface area contributed by atoms with Gasteiger partial charge in [0.2, 0.25) is 0 Å². The van der Waals surface area contributed by atoms with Gasteiger partial charge in [0.25, 0.3) is 5.91 Å². The number of H-pyrrole nitrogens is 1. The third-order valence-electron chi connectivity index (χ3n) is 4.26. The van der Waals surface area contributed by atoms with Gasteiger partial charge in [-0.25, -0.2) is 9.07 Å². The number of carbonyl (C=O) groups excluding carboxylic acids is 1. The van der Waals surface area contributed by atoms with Crippen LogP contribution in [0.4, 0.5) is 4.39 Å². The number of halogens is 1. The van der Waals surface area contributed by atoms with Crippen molar-refractivity contribution in [1.82, 2.24) is 19.7 Å². The van der Waals surface area contributed by atoms with Crippen molar-refractivity contribution in [3.8, 4) is 5.69 Å². The van der Waals surface area contributed by atoms with Gasteiger partial charge in [-0.05, 0) is 30.3 Å². The van der Waals surface area contributed by atoms with Crippen LogP contribution in [0.2, 0.25) is 0 Å². The second kappa shape index (κ2) is 6.48. The number of hydrogen-bond acceptors (Lipinski definition) is 2. The molecule has 0 atom stereocenters. The Morgan fingerprint density at radius 2 is 2.00 bits per heavy atom. The van der Waals surface area contributed by atoms with Crippen molar-refractivity contribution in [3.63, 3.8) is 0 Å². The van der Waals surface area contributed by atoms with Crippen LogP contribution in [0.15, 0.2) is 67.0 Å². The van der Waals surface area contributed by atoms with E-state index in [-0.39, 0.29) is 11.7 Å². The first-order valence-electron chi connectivity index (χ1n) is 8.23. The van der Waals surface area contributed by atoms with Gasteiger partial charge in [-0.1, -0.05) is 24.3 Å². The van der Waals surface area contributed by atoms with Crippen LogP contribution >= 0.6 is 0 Å². The molecule has 4 rings (SSSR count). The molecular formula is C20H17FN4O. The molecule has 0 radical (unpaired) electrons. The number of amides is 1. The van der Waals surface area contributed by atoms with Crippen LogP contribution in [0.5, 0.6) is 0 Å². The van der Waals surface area contributed by atoms with E-state index in [1.54, 1.807) is 41.0 Å². The molecule has 5 nitrogen and oxygen atoms in total. The zero-order chi connectivity index (χ0) is 18.1. The van der Waals surface area contributed by atoms with E-state index in [1.165, 1.54) is 6.07 Å². The Hall–Kier alpha value is -3.41. The van der Waals surface area contributed by atoms with Gasteiger partial charge in [0.1, 0.15) is 11.5 Å². The maximum atomic E-state index is 13.8. The Morgan fingerprint density at radius 1 is 1.19 bits per heavy atom. The smallest absolute Gasteiger partial charge is 0.270 e. The fourth-order valence-corrected chi connectivity index (χ4v) is 2.95. The molecule has 0 unspecified atom stereocenters. The van der Waals surface area contributed by atoms with E-state index in [2.05, 4.69) is 10.1 Å². The normalized spacial score (nSPS) is 11.0. The molecule has 1 N–H and O–H groups in total. The standard InChI is InChI=1S/C20H17FN4O/c1-24(12-14-11-22-25(13-14)15-6-3-2-4-7-15)20(26)19-10-16-17(21)8-5-9-18(16)23-19/h2-11,13,23H,12H2,1H3. The largest absolute Gasteiger partial charge is 0.350 e. The number of rotatable bonds is 4. The highest BCUT2D eigenvalue weighted by Gasteiger charge is 2.16. The molecule has 2 aromatic carbocycles. The summed E-state index contributed by atoms with van der Waals surface area (Å²) in [6.45, 7) is 0.406. The molecule has 0 saturated carbocycles. The first kappa shape index (κ1) is 16.1. The van der Waals surface area contributed by atoms with Crippen LogP contribution in [-0.4, -0.2) is 32.6 Å². The summed E-state index contributed by atoms with van der Waals surface area (Å²) in [5.41, 5.74) is 2.84. The van der Waals surface area contributed by atoms with Crippen molar-refractivity contribution < 1.29 is 9.18 Å². The summed E-state index contributed by atoms with van der Waals surface area (Å²) >= 11 is 0. The van der Waals surface area contributed by atoms with Crippen molar-refractivity contribution in [2.45, 2.75) is 6.54 Å². The van der Waals surface area contributed by atoms with Gasteiger partial charge < -0.3 is 9.88 Å². The topological polar surface area (TPSA) is 53.9 Å². The molecule has 2 aromatic heterocycles. The lowest BCUT2D eigenvalue weighted by Gasteiger charge is -2.15. The Balaban J connectivity index is 1.52. The van der Waals surface area contributed by atoms with Crippen LogP contribution in [0.3, 0.4) is 0 Å². The number of aromatic nitrogens is 3. The summed E-state index contributed by atoms with van der Waals surface area (Å²) in [4.78, 5) is 17.2. The zero-order valence-corrected chi connectivity index (χ0v) is 14.2. The average molecular weight is 348 g/mol. The molecule has 2 heterocycles. The molecule has 0 spiro atoms. The summed E-state index contributed by atoms with van der Waals surface area (Å²) in [5, 5.41) is 4.76. The maximum absolute atomic E-state index is 13.8. The number of nitrogens with zero attached hydrogens (tertiary/aromatic N) is 3. The molecule has 1 amide bonds. The van der Waals surface area contributed by atoms with Crippen molar-refractivity contribution in [2.75, 3.05) is 7.05 Å². The van der Waals surface area contributed by atoms with E-state index in [1.807, 2.05) is 36.5 Å². The lowest BCUT2D eigenvalue weighted by atomic mass is 10.2. The minimum Gasteiger partial charge on any atom is -0.350 e. The highest BCUT2D eigenvalue weighted by Crippen LogP contribution is 2.20. The average Bonchev–Trinajstić information content (AvgIpc) is 3.29. The molecule has 26 heavy (non-hydrogen) atoms. The number of carbonyl (C=O) groups is 1. The highest BCUT2D eigenvalue weighted by molar-refractivity contribution is 5.98. The maximum Gasteiger partial charge on any atom is 0.270 e. The highest BCUT2D eigenvalue weighted by atomic mass is 19.1. The van der Waals surface area contributed by atoms with Gasteiger partial charge in [-0.15, -0.1) is 0 Å². The van der Waals surface area contributed by atoms with Crippen LogP contribution < -0.4 is 0 Å². The summed E-state index contributed by atoms with van der Waals surface area (Å²) in [6, 6.07) is 16.1. The third kappa shape index (κ3) is 2.97. The molecule has 0 saturated heterocycles. The van der Waals surface area contributed by atoms with Crippen LogP contribution in [0.1, 0.15) is 16.1 Å². The molecular weight excluding hydrogens is 331 g/mol. The Kier molecular flexibility index (Phi) is 4.01. The molecule has 0 fully saturated rings. The molecule has 0 aliphatic heterocycles. The monoisotopic (exact) mass is 348 g/mol. The molecule has 0 aliphatic rings. The summed E-state index contributed by atoms with van der Waals surface area (Å²) in [6.07, 6.45) is 3.63. The quantitative estimate of drug-likeness (QED) is 0.610. The molecule has 6 heteroatoms. The van der Waals surface area contributed by atoms with Crippen molar-refractivity contribution in [2.24, 2.45) is 0 Å². The first-order chi connectivity index (χ1) is 12.6. The minimum absolute atomic E-state index is 0.201. The van der Waals surface area contributed by atoms with Gasteiger partial charge >= 0.3 is 0 Å². The summed E-state index contributed by atoms with van der Waals surface area (Å²) in [7, 11) is 1.71. The molecule has 0 aliphatic carbocycles. The lowest BCUT2D eigenvalue weighted by Crippen LogP contribution is -2.26. The van der Waals surface area contributed by atoms with E-state index in [0.29, 0.717) is 23.1 Å². The van der Waals surface area contributed by atoms with Crippen LogP contribution in [-0.2, 0) is 6.54 Å². The number of aromatic amines is 1. The SMILES string of the molecule is CN(Cc1cnn(-c2ccccc2)c1)C(=O)c1cc2c(F)cccc2[nH]1. The number of fused-ring (bicyclic) bond motifs is 1. The second-order valence-electron chi connectivity index (χ2n) is 6.17. The Labute approximate surface area is 149 Å². The van der Waals surface area contributed by atoms with Crippen LogP contribution in [0, 0.1) is 5.82 Å². The van der Waals surface area contributed by atoms with Crippen molar-refractivity contribution in [1.29, 1.82) is 0 Å². The lowest BCUT2D eigenvalue weighted by molar-refractivity contribution is 0.0780. The summed E-state index contributed by atoms with van der Waals surface area (Å²) < 4.78 is 15.6.